The van der Waals surface area contributed by atoms with E-state index in [0.717, 1.165) is 25.2 Å². The molecule has 1 aromatic rings. The van der Waals surface area contributed by atoms with Crippen molar-refractivity contribution in [1.29, 1.82) is 0 Å². The smallest absolute Gasteiger partial charge is 0.352 e. The van der Waals surface area contributed by atoms with Crippen LogP contribution in [-0.4, -0.2) is 41.5 Å². The summed E-state index contributed by atoms with van der Waals surface area (Å²) < 4.78 is 37.3. The number of rotatable bonds is 5. The third-order valence-electron chi connectivity index (χ3n) is 2.33. The molecule has 1 unspecified atom stereocenters. The molecule has 0 spiro atoms. The first-order chi connectivity index (χ1) is 8.29. The molecular weight excluding hydrogens is 245 g/mol. The molecule has 1 rings (SSSR count). The van der Waals surface area contributed by atoms with Gasteiger partial charge in [0.1, 0.15) is 5.69 Å². The molecule has 18 heavy (non-hydrogen) atoms. The van der Waals surface area contributed by atoms with E-state index in [1.54, 1.807) is 0 Å². The summed E-state index contributed by atoms with van der Waals surface area (Å²) in [5.74, 6) is 0.0103. The zero-order valence-electron chi connectivity index (χ0n) is 10.6. The molecule has 0 saturated heterocycles. The molecule has 0 saturated carbocycles. The van der Waals surface area contributed by atoms with E-state index in [-0.39, 0.29) is 12.0 Å². The third kappa shape index (κ3) is 4.87. The fourth-order valence-corrected chi connectivity index (χ4v) is 1.33. The molecule has 0 amide bonds. The lowest BCUT2D eigenvalue weighted by Gasteiger charge is -2.17. The monoisotopic (exact) mass is 262 g/mol. The lowest BCUT2D eigenvalue weighted by molar-refractivity contribution is -0.141. The summed E-state index contributed by atoms with van der Waals surface area (Å²) in [5, 5.41) is 2.86. The number of aromatic nitrogens is 2. The van der Waals surface area contributed by atoms with Crippen LogP contribution in [0.3, 0.4) is 0 Å². The average molecular weight is 262 g/mol. The van der Waals surface area contributed by atoms with E-state index in [2.05, 4.69) is 15.3 Å². The van der Waals surface area contributed by atoms with Crippen molar-refractivity contribution < 1.29 is 13.2 Å². The minimum Gasteiger partial charge on any atom is -0.352 e. The lowest BCUT2D eigenvalue weighted by atomic mass is 10.2. The van der Waals surface area contributed by atoms with E-state index >= 15 is 0 Å². The van der Waals surface area contributed by atoms with Crippen molar-refractivity contribution >= 4 is 5.95 Å². The first kappa shape index (κ1) is 14.7. The number of anilines is 1. The van der Waals surface area contributed by atoms with E-state index < -0.39 is 11.9 Å². The van der Waals surface area contributed by atoms with Gasteiger partial charge in [-0.3, -0.25) is 0 Å². The maximum Gasteiger partial charge on any atom is 0.433 e. The van der Waals surface area contributed by atoms with Crippen LogP contribution in [0.15, 0.2) is 12.3 Å². The van der Waals surface area contributed by atoms with Gasteiger partial charge in [-0.15, -0.1) is 0 Å². The molecule has 0 aliphatic carbocycles. The molecule has 0 aliphatic rings. The predicted octanol–water partition coefficient (Wildman–Crippen LogP) is 2.25. The van der Waals surface area contributed by atoms with Crippen LogP contribution in [0, 0.1) is 0 Å². The summed E-state index contributed by atoms with van der Waals surface area (Å²) in [5.41, 5.74) is -0.931. The van der Waals surface area contributed by atoms with Crippen LogP contribution in [0.25, 0.3) is 0 Å². The summed E-state index contributed by atoms with van der Waals surface area (Å²) in [6.45, 7) is 2.72. The molecule has 0 aliphatic heterocycles. The summed E-state index contributed by atoms with van der Waals surface area (Å²) in [7, 11) is 3.88. The van der Waals surface area contributed by atoms with Gasteiger partial charge in [-0.1, -0.05) is 0 Å². The third-order valence-corrected chi connectivity index (χ3v) is 2.33. The molecule has 0 bridgehead atoms. The quantitative estimate of drug-likeness (QED) is 0.883. The first-order valence-electron chi connectivity index (χ1n) is 5.60. The Morgan fingerprint density at radius 3 is 2.61 bits per heavy atom. The van der Waals surface area contributed by atoms with E-state index in [1.807, 2.05) is 25.9 Å². The second kappa shape index (κ2) is 5.99. The fourth-order valence-electron chi connectivity index (χ4n) is 1.33. The second-order valence-corrected chi connectivity index (χ2v) is 4.40. The van der Waals surface area contributed by atoms with Gasteiger partial charge in [-0.05, 0) is 40.1 Å². The van der Waals surface area contributed by atoms with Gasteiger partial charge in [-0.2, -0.15) is 13.2 Å². The summed E-state index contributed by atoms with van der Waals surface area (Å²) in [4.78, 5) is 9.24. The zero-order chi connectivity index (χ0) is 13.8. The van der Waals surface area contributed by atoms with Gasteiger partial charge >= 0.3 is 6.18 Å². The van der Waals surface area contributed by atoms with Crippen molar-refractivity contribution in [3.05, 3.63) is 18.0 Å². The maximum absolute atomic E-state index is 12.4. The Morgan fingerprint density at radius 1 is 1.39 bits per heavy atom. The topological polar surface area (TPSA) is 41.0 Å². The Bertz CT molecular complexity index is 379. The first-order valence-corrected chi connectivity index (χ1v) is 5.60. The summed E-state index contributed by atoms with van der Waals surface area (Å²) in [6.07, 6.45) is -2.53. The molecule has 4 nitrogen and oxygen atoms in total. The van der Waals surface area contributed by atoms with E-state index in [0.29, 0.717) is 0 Å². The molecule has 1 heterocycles. The van der Waals surface area contributed by atoms with E-state index in [1.165, 1.54) is 0 Å². The van der Waals surface area contributed by atoms with Gasteiger partial charge in [0, 0.05) is 12.2 Å². The molecule has 0 aromatic carbocycles. The Hall–Kier alpha value is -1.37. The van der Waals surface area contributed by atoms with Crippen molar-refractivity contribution in [3.63, 3.8) is 0 Å². The van der Waals surface area contributed by atoms with Crippen molar-refractivity contribution in [1.82, 2.24) is 14.9 Å². The minimum absolute atomic E-state index is 0.0101. The highest BCUT2D eigenvalue weighted by molar-refractivity contribution is 5.27. The Morgan fingerprint density at radius 2 is 2.06 bits per heavy atom. The van der Waals surface area contributed by atoms with Crippen LogP contribution in [0.1, 0.15) is 19.0 Å². The largest absolute Gasteiger partial charge is 0.433 e. The van der Waals surface area contributed by atoms with E-state index in [4.69, 9.17) is 0 Å². The lowest BCUT2D eigenvalue weighted by Crippen LogP contribution is -2.24. The standard InChI is InChI=1S/C11H17F3N4/c1-8(5-7-18(2)3)16-10-15-6-4-9(17-10)11(12,13)14/h4,6,8H,5,7H2,1-3H3,(H,15,16,17). The number of nitrogens with one attached hydrogen (secondary N) is 1. The highest BCUT2D eigenvalue weighted by Gasteiger charge is 2.32. The molecular formula is C11H17F3N4. The molecule has 1 atom stereocenters. The van der Waals surface area contributed by atoms with Gasteiger partial charge in [0.2, 0.25) is 5.95 Å². The normalized spacial score (nSPS) is 13.7. The molecule has 0 fully saturated rings. The van der Waals surface area contributed by atoms with Gasteiger partial charge in [-0.25, -0.2) is 9.97 Å². The molecule has 1 aromatic heterocycles. The van der Waals surface area contributed by atoms with Crippen molar-refractivity contribution in [2.24, 2.45) is 0 Å². The van der Waals surface area contributed by atoms with Crippen LogP contribution >= 0.6 is 0 Å². The maximum atomic E-state index is 12.4. The fraction of sp³-hybridized carbons (Fsp3) is 0.636. The zero-order valence-corrected chi connectivity index (χ0v) is 10.6. The number of alkyl halides is 3. The van der Waals surface area contributed by atoms with Crippen molar-refractivity contribution in [2.75, 3.05) is 26.0 Å². The Kier molecular flexibility index (Phi) is 4.89. The van der Waals surface area contributed by atoms with E-state index in [9.17, 15) is 13.2 Å². The molecule has 1 N–H and O–H groups in total. The van der Waals surface area contributed by atoms with Gasteiger partial charge in [0.15, 0.2) is 0 Å². The molecule has 0 radical (unpaired) electrons. The van der Waals surface area contributed by atoms with Crippen LogP contribution in [0.2, 0.25) is 0 Å². The highest BCUT2D eigenvalue weighted by Crippen LogP contribution is 2.27. The number of nitrogens with zero attached hydrogens (tertiary/aromatic N) is 3. The van der Waals surface area contributed by atoms with Crippen LogP contribution in [-0.2, 0) is 6.18 Å². The predicted molar refractivity (Wildman–Crippen MR) is 63.3 cm³/mol. The minimum atomic E-state index is -4.44. The van der Waals surface area contributed by atoms with Crippen LogP contribution in [0.5, 0.6) is 0 Å². The summed E-state index contributed by atoms with van der Waals surface area (Å²) in [6, 6.07) is 0.867. The van der Waals surface area contributed by atoms with Crippen LogP contribution in [0.4, 0.5) is 19.1 Å². The number of hydrogen-bond acceptors (Lipinski definition) is 4. The SMILES string of the molecule is CC(CCN(C)C)Nc1nccc(C(F)(F)F)n1. The average Bonchev–Trinajstić information content (AvgIpc) is 2.25. The van der Waals surface area contributed by atoms with Gasteiger partial charge < -0.3 is 10.2 Å². The van der Waals surface area contributed by atoms with Gasteiger partial charge in [0.25, 0.3) is 0 Å². The second-order valence-electron chi connectivity index (χ2n) is 4.40. The van der Waals surface area contributed by atoms with Crippen molar-refractivity contribution in [2.45, 2.75) is 25.6 Å². The molecule has 7 heteroatoms. The Labute approximate surface area is 104 Å². The number of halogens is 3. The van der Waals surface area contributed by atoms with Crippen LogP contribution < -0.4 is 5.32 Å². The highest BCUT2D eigenvalue weighted by atomic mass is 19.4. The van der Waals surface area contributed by atoms with Gasteiger partial charge in [0.05, 0.1) is 0 Å². The Balaban J connectivity index is 2.62. The molecule has 102 valence electrons. The van der Waals surface area contributed by atoms with Crippen molar-refractivity contribution in [3.8, 4) is 0 Å². The summed E-state index contributed by atoms with van der Waals surface area (Å²) >= 11 is 0. The number of hydrogen-bond donors (Lipinski definition) is 1.